The van der Waals surface area contributed by atoms with Gasteiger partial charge in [0.25, 0.3) is 0 Å². The number of methoxy groups -OCH3 is 1. The van der Waals surface area contributed by atoms with Gasteiger partial charge in [0.05, 0.1) is 24.9 Å². The molecule has 0 unspecified atom stereocenters. The third-order valence-corrected chi connectivity index (χ3v) is 6.94. The van der Waals surface area contributed by atoms with E-state index >= 15 is 0 Å². The van der Waals surface area contributed by atoms with Crippen LogP contribution >= 0.6 is 37.2 Å². The Morgan fingerprint density at radius 3 is 2.16 bits per heavy atom. The molecule has 43 heavy (non-hydrogen) atoms. The molecular formula is C28H44Cl3N3O9. The Morgan fingerprint density at radius 1 is 0.860 bits per heavy atom. The number of aryl methyl sites for hydroxylation is 1. The lowest BCUT2D eigenvalue weighted by Crippen LogP contribution is -2.46. The maximum absolute atomic E-state index is 12.0. The van der Waals surface area contributed by atoms with Gasteiger partial charge in [0.2, 0.25) is 0 Å². The van der Waals surface area contributed by atoms with E-state index in [-0.39, 0.29) is 70.2 Å². The van der Waals surface area contributed by atoms with Crippen molar-refractivity contribution in [3.8, 4) is 11.5 Å². The number of ether oxygens (including phenoxy) is 2. The van der Waals surface area contributed by atoms with Crippen LogP contribution in [0.3, 0.4) is 0 Å². The minimum atomic E-state index is -0.317. The van der Waals surface area contributed by atoms with Gasteiger partial charge in [0, 0.05) is 61.3 Å². The standard InChI is InChI=1S/C28H31N3O4.3ClH.5H2O/c1-19-20(2)28(32)35-24-18-25(33-3)26(17-22(19)24)34-16-6-11-30-12-14-31(15-13-30)23-9-4-7-21-8-5-10-29-27(21)23;;;;;;;;/h4-5,7-10,17-18H,6,11-16H2,1-3H3;3*1H;5*1H2. The molecule has 3 heterocycles. The molecule has 1 saturated heterocycles. The van der Waals surface area contributed by atoms with Gasteiger partial charge in [0.15, 0.2) is 11.5 Å². The Bertz CT molecular complexity index is 1430. The van der Waals surface area contributed by atoms with Crippen molar-refractivity contribution in [2.24, 2.45) is 0 Å². The highest BCUT2D eigenvalue weighted by molar-refractivity contribution is 5.90. The first-order valence-electron chi connectivity index (χ1n) is 12.1. The third kappa shape index (κ3) is 10.1. The van der Waals surface area contributed by atoms with E-state index in [9.17, 15) is 4.79 Å². The Kier molecular flexibility index (Phi) is 22.9. The van der Waals surface area contributed by atoms with Crippen molar-refractivity contribution in [1.82, 2.24) is 9.88 Å². The van der Waals surface area contributed by atoms with Crippen LogP contribution in [0.25, 0.3) is 21.9 Å². The monoisotopic (exact) mass is 671 g/mol. The van der Waals surface area contributed by atoms with Gasteiger partial charge in [-0.2, -0.15) is 0 Å². The van der Waals surface area contributed by atoms with Crippen molar-refractivity contribution in [3.05, 3.63) is 70.2 Å². The molecule has 0 spiro atoms. The van der Waals surface area contributed by atoms with E-state index in [1.165, 1.54) is 11.1 Å². The first kappa shape index (κ1) is 47.0. The zero-order valence-electron chi connectivity index (χ0n) is 24.3. The molecule has 0 bridgehead atoms. The molecule has 0 amide bonds. The number of hydrogen-bond acceptors (Lipinski definition) is 7. The lowest BCUT2D eigenvalue weighted by atomic mass is 10.1. The van der Waals surface area contributed by atoms with E-state index in [0.29, 0.717) is 29.3 Å². The lowest BCUT2D eigenvalue weighted by Gasteiger charge is -2.36. The molecule has 12 nitrogen and oxygen atoms in total. The largest absolute Gasteiger partial charge is 0.493 e. The van der Waals surface area contributed by atoms with Crippen molar-refractivity contribution in [2.45, 2.75) is 20.3 Å². The van der Waals surface area contributed by atoms with Gasteiger partial charge >= 0.3 is 5.63 Å². The zero-order chi connectivity index (χ0) is 24.4. The number of benzene rings is 2. The predicted octanol–water partition coefficient (Wildman–Crippen LogP) is 1.70. The van der Waals surface area contributed by atoms with Gasteiger partial charge in [-0.1, -0.05) is 18.2 Å². The van der Waals surface area contributed by atoms with Crippen molar-refractivity contribution >= 4 is 64.8 Å². The number of anilines is 1. The Labute approximate surface area is 268 Å². The van der Waals surface area contributed by atoms with Gasteiger partial charge in [-0.15, -0.1) is 37.2 Å². The second kappa shape index (κ2) is 20.9. The highest BCUT2D eigenvalue weighted by atomic mass is 35.5. The number of fused-ring (bicyclic) bond motifs is 2. The molecule has 2 aromatic heterocycles. The quantitative estimate of drug-likeness (QED) is 0.208. The molecular weight excluding hydrogens is 629 g/mol. The molecule has 0 radical (unpaired) electrons. The van der Waals surface area contributed by atoms with E-state index in [4.69, 9.17) is 13.9 Å². The van der Waals surface area contributed by atoms with Gasteiger partial charge in [-0.3, -0.25) is 9.88 Å². The summed E-state index contributed by atoms with van der Waals surface area (Å²) < 4.78 is 17.0. The van der Waals surface area contributed by atoms with E-state index in [0.717, 1.165) is 55.6 Å². The van der Waals surface area contributed by atoms with Crippen LogP contribution in [0.15, 0.2) is 57.9 Å². The van der Waals surface area contributed by atoms with Crippen molar-refractivity contribution in [3.63, 3.8) is 0 Å². The highest BCUT2D eigenvalue weighted by Gasteiger charge is 2.19. The molecule has 0 aliphatic carbocycles. The van der Waals surface area contributed by atoms with Crippen LogP contribution in [0.4, 0.5) is 5.69 Å². The summed E-state index contributed by atoms with van der Waals surface area (Å²) in [6, 6.07) is 14.1. The number of para-hydroxylation sites is 1. The van der Waals surface area contributed by atoms with E-state index in [1.807, 2.05) is 25.3 Å². The number of halogens is 3. The molecule has 246 valence electrons. The molecule has 1 aliphatic heterocycles. The molecule has 10 N–H and O–H groups in total. The van der Waals surface area contributed by atoms with Crippen LogP contribution in [0.1, 0.15) is 17.5 Å². The number of nitrogens with zero attached hydrogens (tertiary/aromatic N) is 3. The first-order valence-corrected chi connectivity index (χ1v) is 12.1. The minimum Gasteiger partial charge on any atom is -0.493 e. The van der Waals surface area contributed by atoms with Crippen LogP contribution in [0.2, 0.25) is 0 Å². The summed E-state index contributed by atoms with van der Waals surface area (Å²) in [5.74, 6) is 1.24. The molecule has 5 rings (SSSR count). The average Bonchev–Trinajstić information content (AvgIpc) is 2.90. The lowest BCUT2D eigenvalue weighted by molar-refractivity contribution is 0.221. The van der Waals surface area contributed by atoms with E-state index in [2.05, 4.69) is 39.0 Å². The Balaban J connectivity index is -0.000000951. The number of piperazine rings is 1. The number of hydrogen-bond donors (Lipinski definition) is 0. The third-order valence-electron chi connectivity index (χ3n) is 6.94. The van der Waals surface area contributed by atoms with Gasteiger partial charge in [-0.05, 0) is 44.0 Å². The predicted molar refractivity (Wildman–Crippen MR) is 179 cm³/mol. The SMILES string of the molecule is COc1cc2oc(=O)c(C)c(C)c2cc1OCCCN1CCN(c2cccc3cccnc23)CC1.Cl.Cl.Cl.O.O.O.O.O. The van der Waals surface area contributed by atoms with Crippen LogP contribution in [-0.4, -0.2) is 83.7 Å². The van der Waals surface area contributed by atoms with Crippen LogP contribution in [0.5, 0.6) is 11.5 Å². The summed E-state index contributed by atoms with van der Waals surface area (Å²) >= 11 is 0. The van der Waals surface area contributed by atoms with Gasteiger partial charge in [0.1, 0.15) is 5.58 Å². The molecule has 1 aliphatic rings. The fraction of sp³-hybridized carbons (Fsp3) is 0.357. The summed E-state index contributed by atoms with van der Waals surface area (Å²) in [6.07, 6.45) is 2.78. The molecule has 2 aromatic carbocycles. The van der Waals surface area contributed by atoms with Crippen LogP contribution in [0, 0.1) is 13.8 Å². The van der Waals surface area contributed by atoms with Crippen LogP contribution < -0.4 is 20.0 Å². The summed E-state index contributed by atoms with van der Waals surface area (Å²) in [6.45, 7) is 9.27. The zero-order valence-corrected chi connectivity index (χ0v) is 26.7. The Hall–Kier alpha value is -2.91. The molecule has 4 aromatic rings. The topological polar surface area (TPSA) is 226 Å². The van der Waals surface area contributed by atoms with Crippen molar-refractivity contribution in [1.29, 1.82) is 0 Å². The first-order chi connectivity index (χ1) is 17.0. The maximum atomic E-state index is 12.0. The Morgan fingerprint density at radius 2 is 1.51 bits per heavy atom. The van der Waals surface area contributed by atoms with Gasteiger partial charge in [-0.25, -0.2) is 4.79 Å². The van der Waals surface area contributed by atoms with Crippen molar-refractivity contribution < 1.29 is 41.3 Å². The van der Waals surface area contributed by atoms with Crippen molar-refractivity contribution in [2.75, 3.05) is 51.3 Å². The minimum absolute atomic E-state index is 0. The summed E-state index contributed by atoms with van der Waals surface area (Å²) in [4.78, 5) is 21.5. The average molecular weight is 673 g/mol. The fourth-order valence-electron chi connectivity index (χ4n) is 4.75. The highest BCUT2D eigenvalue weighted by Crippen LogP contribution is 2.34. The normalized spacial score (nSPS) is 11.8. The smallest absolute Gasteiger partial charge is 0.339 e. The number of rotatable bonds is 7. The number of pyridine rings is 1. The molecule has 0 atom stereocenters. The number of aromatic nitrogens is 1. The second-order valence-electron chi connectivity index (χ2n) is 9.02. The molecule has 1 fully saturated rings. The molecule has 15 heteroatoms. The fourth-order valence-corrected chi connectivity index (χ4v) is 4.75. The van der Waals surface area contributed by atoms with E-state index in [1.54, 1.807) is 20.1 Å². The second-order valence-corrected chi connectivity index (χ2v) is 9.02. The van der Waals surface area contributed by atoms with Crippen LogP contribution in [-0.2, 0) is 0 Å². The maximum Gasteiger partial charge on any atom is 0.339 e. The summed E-state index contributed by atoms with van der Waals surface area (Å²) in [5, 5.41) is 2.05. The van der Waals surface area contributed by atoms with Gasteiger partial charge < -0.3 is 46.2 Å². The summed E-state index contributed by atoms with van der Waals surface area (Å²) in [7, 11) is 1.60. The summed E-state index contributed by atoms with van der Waals surface area (Å²) in [5.41, 5.74) is 4.01. The van der Waals surface area contributed by atoms with E-state index < -0.39 is 0 Å². The molecule has 0 saturated carbocycles.